The summed E-state index contributed by atoms with van der Waals surface area (Å²) in [7, 11) is 0. The molecule has 1 unspecified atom stereocenters. The van der Waals surface area contributed by atoms with Gasteiger partial charge in [0, 0.05) is 0 Å². The van der Waals surface area contributed by atoms with E-state index in [2.05, 4.69) is 5.32 Å². The first-order valence-electron chi connectivity index (χ1n) is 7.49. The largest absolute Gasteiger partial charge is 0.493 e. The molecule has 1 N–H and O–H groups in total. The maximum atomic E-state index is 12.0. The highest BCUT2D eigenvalue weighted by Gasteiger charge is 2.18. The van der Waals surface area contributed by atoms with Crippen molar-refractivity contribution in [2.45, 2.75) is 19.4 Å². The van der Waals surface area contributed by atoms with Gasteiger partial charge >= 0.3 is 5.97 Å². The summed E-state index contributed by atoms with van der Waals surface area (Å²) < 4.78 is 10.5. The van der Waals surface area contributed by atoms with E-state index in [0.717, 1.165) is 0 Å². The van der Waals surface area contributed by atoms with Gasteiger partial charge in [0.1, 0.15) is 5.75 Å². The molecule has 0 heterocycles. The first-order chi connectivity index (χ1) is 11.6. The normalized spacial score (nSPS) is 11.4. The van der Waals surface area contributed by atoms with Crippen LogP contribution in [0.2, 0.25) is 5.02 Å². The van der Waals surface area contributed by atoms with Crippen molar-refractivity contribution >= 4 is 29.2 Å². The molecule has 5 nitrogen and oxygen atoms in total. The Balaban J connectivity index is 1.74. The molecule has 0 saturated heterocycles. The molecule has 0 saturated carbocycles. The minimum atomic E-state index is -0.925. The molecule has 0 aliphatic heterocycles. The van der Waals surface area contributed by atoms with Crippen molar-refractivity contribution in [2.75, 3.05) is 11.9 Å². The standard InChI is InChI=1S/C18H18ClNO4/c1-13(18(22)20-16-10-6-5-9-15(16)19)24-17(21)11-12-23-14-7-3-2-4-8-14/h2-10,13H,11-12H2,1H3,(H,20,22). The molecule has 6 heteroatoms. The van der Waals surface area contributed by atoms with Gasteiger partial charge in [0.2, 0.25) is 0 Å². The lowest BCUT2D eigenvalue weighted by Crippen LogP contribution is -2.30. The van der Waals surface area contributed by atoms with Crippen LogP contribution >= 0.6 is 11.6 Å². The molecule has 2 aromatic rings. The van der Waals surface area contributed by atoms with E-state index >= 15 is 0 Å². The smallest absolute Gasteiger partial charge is 0.310 e. The lowest BCUT2D eigenvalue weighted by molar-refractivity contribution is -0.153. The van der Waals surface area contributed by atoms with Crippen molar-refractivity contribution in [3.8, 4) is 5.75 Å². The molecular weight excluding hydrogens is 330 g/mol. The summed E-state index contributed by atoms with van der Waals surface area (Å²) in [4.78, 5) is 23.8. The van der Waals surface area contributed by atoms with E-state index in [0.29, 0.717) is 16.5 Å². The fourth-order valence-electron chi connectivity index (χ4n) is 1.88. The summed E-state index contributed by atoms with van der Waals surface area (Å²) in [5, 5.41) is 3.04. The highest BCUT2D eigenvalue weighted by atomic mass is 35.5. The van der Waals surface area contributed by atoms with Crippen LogP contribution in [0.5, 0.6) is 5.75 Å². The van der Waals surface area contributed by atoms with Crippen LogP contribution in [0.15, 0.2) is 54.6 Å². The van der Waals surface area contributed by atoms with Crippen molar-refractivity contribution in [1.29, 1.82) is 0 Å². The zero-order chi connectivity index (χ0) is 17.4. The third-order valence-electron chi connectivity index (χ3n) is 3.13. The third kappa shape index (κ3) is 5.59. The number of nitrogens with one attached hydrogen (secondary N) is 1. The molecule has 2 rings (SSSR count). The molecule has 0 aliphatic rings. The Bertz CT molecular complexity index is 690. The van der Waals surface area contributed by atoms with Crippen LogP contribution < -0.4 is 10.1 Å². The molecule has 0 fully saturated rings. The second kappa shape index (κ2) is 8.93. The third-order valence-corrected chi connectivity index (χ3v) is 3.46. The summed E-state index contributed by atoms with van der Waals surface area (Å²) in [5.41, 5.74) is 0.472. The molecule has 0 aromatic heterocycles. The molecule has 0 radical (unpaired) electrons. The molecule has 126 valence electrons. The summed E-state index contributed by atoms with van der Waals surface area (Å²) >= 11 is 5.97. The molecule has 1 atom stereocenters. The van der Waals surface area contributed by atoms with Crippen LogP contribution in [0.4, 0.5) is 5.69 Å². The average molecular weight is 348 g/mol. The Hall–Kier alpha value is -2.53. The fraction of sp³-hybridized carbons (Fsp3) is 0.222. The van der Waals surface area contributed by atoms with Crippen LogP contribution in [0, 0.1) is 0 Å². The summed E-state index contributed by atoms with van der Waals surface area (Å²) in [6, 6.07) is 16.0. The minimum Gasteiger partial charge on any atom is -0.493 e. The Morgan fingerprint density at radius 1 is 1.08 bits per heavy atom. The van der Waals surface area contributed by atoms with Crippen molar-refractivity contribution in [3.05, 3.63) is 59.6 Å². The van der Waals surface area contributed by atoms with Gasteiger partial charge in [-0.1, -0.05) is 41.9 Å². The SMILES string of the molecule is CC(OC(=O)CCOc1ccccc1)C(=O)Nc1ccccc1Cl. The number of benzene rings is 2. The van der Waals surface area contributed by atoms with E-state index in [-0.39, 0.29) is 13.0 Å². The van der Waals surface area contributed by atoms with Crippen LogP contribution in [-0.4, -0.2) is 24.6 Å². The van der Waals surface area contributed by atoms with Gasteiger partial charge in [-0.15, -0.1) is 0 Å². The second-order valence-electron chi connectivity index (χ2n) is 5.01. The average Bonchev–Trinajstić information content (AvgIpc) is 2.57. The summed E-state index contributed by atoms with van der Waals surface area (Å²) in [6.45, 7) is 1.68. The van der Waals surface area contributed by atoms with Gasteiger partial charge in [-0.3, -0.25) is 9.59 Å². The zero-order valence-electron chi connectivity index (χ0n) is 13.2. The first-order valence-corrected chi connectivity index (χ1v) is 7.87. The number of hydrogen-bond donors (Lipinski definition) is 1. The Morgan fingerprint density at radius 2 is 1.75 bits per heavy atom. The van der Waals surface area contributed by atoms with Gasteiger partial charge in [-0.2, -0.15) is 0 Å². The molecule has 1 amide bonds. The number of rotatable bonds is 7. The quantitative estimate of drug-likeness (QED) is 0.776. The molecule has 0 bridgehead atoms. The Labute approximate surface area is 145 Å². The fourth-order valence-corrected chi connectivity index (χ4v) is 2.06. The van der Waals surface area contributed by atoms with Gasteiger partial charge < -0.3 is 14.8 Å². The number of anilines is 1. The number of ether oxygens (including phenoxy) is 2. The number of hydrogen-bond acceptors (Lipinski definition) is 4. The predicted octanol–water partition coefficient (Wildman–Crippen LogP) is 3.68. The van der Waals surface area contributed by atoms with Crippen LogP contribution in [0.25, 0.3) is 0 Å². The van der Waals surface area contributed by atoms with E-state index in [1.807, 2.05) is 18.2 Å². The van der Waals surface area contributed by atoms with Gasteiger partial charge in [0.15, 0.2) is 6.10 Å². The van der Waals surface area contributed by atoms with Gasteiger partial charge in [-0.05, 0) is 31.2 Å². The monoisotopic (exact) mass is 347 g/mol. The van der Waals surface area contributed by atoms with Crippen molar-refractivity contribution in [2.24, 2.45) is 0 Å². The molecule has 24 heavy (non-hydrogen) atoms. The highest BCUT2D eigenvalue weighted by Crippen LogP contribution is 2.20. The van der Waals surface area contributed by atoms with Crippen LogP contribution in [0.1, 0.15) is 13.3 Å². The van der Waals surface area contributed by atoms with E-state index in [1.54, 1.807) is 36.4 Å². The van der Waals surface area contributed by atoms with E-state index in [9.17, 15) is 9.59 Å². The van der Waals surface area contributed by atoms with E-state index in [4.69, 9.17) is 21.1 Å². The maximum absolute atomic E-state index is 12.0. The molecule has 0 spiro atoms. The van der Waals surface area contributed by atoms with Gasteiger partial charge in [0.25, 0.3) is 5.91 Å². The van der Waals surface area contributed by atoms with E-state index < -0.39 is 18.0 Å². The number of para-hydroxylation sites is 2. The summed E-state index contributed by atoms with van der Waals surface area (Å²) in [6.07, 6.45) is -0.871. The molecule has 2 aromatic carbocycles. The molecule has 0 aliphatic carbocycles. The molecular formula is C18H18ClNO4. The number of esters is 1. The van der Waals surface area contributed by atoms with Crippen LogP contribution in [0.3, 0.4) is 0 Å². The highest BCUT2D eigenvalue weighted by molar-refractivity contribution is 6.33. The van der Waals surface area contributed by atoms with Crippen molar-refractivity contribution in [1.82, 2.24) is 0 Å². The van der Waals surface area contributed by atoms with Crippen molar-refractivity contribution < 1.29 is 19.1 Å². The minimum absolute atomic E-state index is 0.0542. The van der Waals surface area contributed by atoms with Gasteiger partial charge in [-0.25, -0.2) is 0 Å². The lowest BCUT2D eigenvalue weighted by Gasteiger charge is -2.14. The second-order valence-corrected chi connectivity index (χ2v) is 5.42. The van der Waals surface area contributed by atoms with Gasteiger partial charge in [0.05, 0.1) is 23.7 Å². The number of amides is 1. The lowest BCUT2D eigenvalue weighted by atomic mass is 10.3. The zero-order valence-corrected chi connectivity index (χ0v) is 14.0. The maximum Gasteiger partial charge on any atom is 0.310 e. The number of halogens is 1. The summed E-state index contributed by atoms with van der Waals surface area (Å²) in [5.74, 6) is -0.275. The van der Waals surface area contributed by atoms with Crippen LogP contribution in [-0.2, 0) is 14.3 Å². The Kier molecular flexibility index (Phi) is 6.63. The number of carbonyl (C=O) groups excluding carboxylic acids is 2. The van der Waals surface area contributed by atoms with E-state index in [1.165, 1.54) is 6.92 Å². The first kappa shape index (κ1) is 17.8. The topological polar surface area (TPSA) is 64.6 Å². The number of carbonyl (C=O) groups is 2. The Morgan fingerprint density at radius 3 is 2.46 bits per heavy atom. The predicted molar refractivity (Wildman–Crippen MR) is 92.2 cm³/mol. The van der Waals surface area contributed by atoms with Crippen molar-refractivity contribution in [3.63, 3.8) is 0 Å².